The third-order valence-electron chi connectivity index (χ3n) is 5.01. The molecule has 0 bridgehead atoms. The van der Waals surface area contributed by atoms with Crippen LogP contribution in [0.2, 0.25) is 0 Å². The SMILES string of the molecule is CCCCn1c(=NC(=O)c2ccc(Br)o2)c(C(=O)OCC)cc2c(=O)n3ccccc3nc21. The van der Waals surface area contributed by atoms with E-state index in [0.29, 0.717) is 28.9 Å². The average molecular weight is 513 g/mol. The number of halogens is 1. The molecular formula is C23H21BrN4O5. The summed E-state index contributed by atoms with van der Waals surface area (Å²) < 4.78 is 14.0. The zero-order valence-electron chi connectivity index (χ0n) is 18.1. The Hall–Kier alpha value is -3.53. The van der Waals surface area contributed by atoms with Crippen LogP contribution in [0, 0.1) is 0 Å². The van der Waals surface area contributed by atoms with Crippen molar-refractivity contribution in [2.75, 3.05) is 6.61 Å². The first-order valence-corrected chi connectivity index (χ1v) is 11.3. The summed E-state index contributed by atoms with van der Waals surface area (Å²) in [7, 11) is 0. The smallest absolute Gasteiger partial charge is 0.341 e. The number of nitrogens with zero attached hydrogens (tertiary/aromatic N) is 4. The molecule has 0 fully saturated rings. The van der Waals surface area contributed by atoms with Crippen molar-refractivity contribution in [3.8, 4) is 0 Å². The summed E-state index contributed by atoms with van der Waals surface area (Å²) in [5, 5.41) is 0.227. The molecule has 33 heavy (non-hydrogen) atoms. The maximum atomic E-state index is 13.2. The minimum atomic E-state index is -0.686. The van der Waals surface area contributed by atoms with Crippen molar-refractivity contribution in [2.24, 2.45) is 4.99 Å². The number of pyridine rings is 2. The number of aryl methyl sites for hydroxylation is 1. The second kappa shape index (κ2) is 9.53. The quantitative estimate of drug-likeness (QED) is 0.287. The minimum absolute atomic E-state index is 0.00497. The Morgan fingerprint density at radius 3 is 2.73 bits per heavy atom. The molecule has 9 nitrogen and oxygen atoms in total. The lowest BCUT2D eigenvalue weighted by Crippen LogP contribution is -2.32. The molecule has 0 radical (unpaired) electrons. The molecule has 4 aromatic heterocycles. The van der Waals surface area contributed by atoms with Gasteiger partial charge in [-0.3, -0.25) is 14.0 Å². The number of hydrogen-bond acceptors (Lipinski definition) is 6. The molecule has 4 rings (SSSR count). The highest BCUT2D eigenvalue weighted by Crippen LogP contribution is 2.16. The maximum Gasteiger partial charge on any atom is 0.341 e. The van der Waals surface area contributed by atoms with Gasteiger partial charge >= 0.3 is 11.9 Å². The van der Waals surface area contributed by atoms with Gasteiger partial charge in [0.1, 0.15) is 16.9 Å². The van der Waals surface area contributed by atoms with Gasteiger partial charge in [-0.05, 0) is 59.6 Å². The van der Waals surface area contributed by atoms with Crippen LogP contribution in [-0.2, 0) is 11.3 Å². The molecule has 0 atom stereocenters. The van der Waals surface area contributed by atoms with Crippen LogP contribution in [-0.4, -0.2) is 32.4 Å². The van der Waals surface area contributed by atoms with Crippen molar-refractivity contribution in [1.29, 1.82) is 0 Å². The van der Waals surface area contributed by atoms with Crippen molar-refractivity contribution in [3.05, 3.63) is 74.4 Å². The van der Waals surface area contributed by atoms with Crippen LogP contribution in [0.5, 0.6) is 0 Å². The van der Waals surface area contributed by atoms with E-state index in [1.807, 2.05) is 6.92 Å². The van der Waals surface area contributed by atoms with Crippen LogP contribution in [0.1, 0.15) is 47.6 Å². The average Bonchev–Trinajstić information content (AvgIpc) is 3.25. The molecule has 0 aliphatic carbocycles. The standard InChI is InChI=1S/C23H21BrN4O5/c1-3-5-11-28-19-14(22(30)27-12-7-6-8-18(27)25-19)13-15(23(31)32-4-2)20(28)26-21(29)16-9-10-17(24)33-16/h6-10,12-13H,3-5,11H2,1-2H3. The van der Waals surface area contributed by atoms with E-state index >= 15 is 0 Å². The number of carbonyl (C=O) groups is 2. The van der Waals surface area contributed by atoms with Crippen molar-refractivity contribution in [3.63, 3.8) is 0 Å². The van der Waals surface area contributed by atoms with Crippen molar-refractivity contribution >= 4 is 44.5 Å². The first-order chi connectivity index (χ1) is 15.9. The Bertz CT molecular complexity index is 1500. The van der Waals surface area contributed by atoms with Crippen LogP contribution in [0.4, 0.5) is 0 Å². The number of aromatic nitrogens is 3. The molecule has 10 heteroatoms. The number of unbranched alkanes of at least 4 members (excludes halogenated alkanes) is 1. The molecule has 0 saturated carbocycles. The number of esters is 1. The van der Waals surface area contributed by atoms with Gasteiger partial charge in [0.05, 0.1) is 12.0 Å². The molecule has 0 saturated heterocycles. The second-order valence-electron chi connectivity index (χ2n) is 7.21. The van der Waals surface area contributed by atoms with Gasteiger partial charge in [-0.1, -0.05) is 19.4 Å². The van der Waals surface area contributed by atoms with E-state index in [9.17, 15) is 14.4 Å². The molecule has 4 aromatic rings. The molecule has 0 N–H and O–H groups in total. The Kier molecular flexibility index (Phi) is 6.55. The Morgan fingerprint density at radius 1 is 1.21 bits per heavy atom. The van der Waals surface area contributed by atoms with Gasteiger partial charge in [0.15, 0.2) is 15.9 Å². The zero-order chi connectivity index (χ0) is 23.5. The van der Waals surface area contributed by atoms with Crippen molar-refractivity contribution in [2.45, 2.75) is 33.2 Å². The van der Waals surface area contributed by atoms with Gasteiger partial charge in [-0.25, -0.2) is 9.78 Å². The summed E-state index contributed by atoms with van der Waals surface area (Å²) in [6, 6.07) is 9.68. The number of ether oxygens (including phenoxy) is 1. The van der Waals surface area contributed by atoms with Crippen molar-refractivity contribution in [1.82, 2.24) is 14.0 Å². The molecule has 170 valence electrons. The van der Waals surface area contributed by atoms with Gasteiger partial charge in [-0.2, -0.15) is 4.99 Å². The Morgan fingerprint density at radius 2 is 2.03 bits per heavy atom. The normalized spacial score (nSPS) is 11.9. The topological polar surface area (TPSA) is 108 Å². The van der Waals surface area contributed by atoms with Crippen LogP contribution in [0.3, 0.4) is 0 Å². The minimum Gasteiger partial charge on any atom is -0.462 e. The maximum absolute atomic E-state index is 13.2. The van der Waals surface area contributed by atoms with Gasteiger partial charge in [-0.15, -0.1) is 0 Å². The van der Waals surface area contributed by atoms with E-state index in [-0.39, 0.29) is 34.4 Å². The number of fused-ring (bicyclic) bond motifs is 2. The number of amides is 1. The van der Waals surface area contributed by atoms with Crippen LogP contribution < -0.4 is 11.0 Å². The fourth-order valence-corrected chi connectivity index (χ4v) is 3.77. The first-order valence-electron chi connectivity index (χ1n) is 10.5. The van der Waals surface area contributed by atoms with Crippen LogP contribution in [0.25, 0.3) is 16.7 Å². The van der Waals surface area contributed by atoms with E-state index in [0.717, 1.165) is 6.42 Å². The van der Waals surface area contributed by atoms with Crippen LogP contribution >= 0.6 is 15.9 Å². The molecule has 0 aliphatic heterocycles. The lowest BCUT2D eigenvalue weighted by atomic mass is 10.2. The molecule has 1 amide bonds. The zero-order valence-corrected chi connectivity index (χ0v) is 19.7. The van der Waals surface area contributed by atoms with Gasteiger partial charge in [0, 0.05) is 12.7 Å². The molecular weight excluding hydrogens is 492 g/mol. The molecule has 0 unspecified atom stereocenters. The van der Waals surface area contributed by atoms with E-state index in [2.05, 4.69) is 25.9 Å². The Labute approximate surface area is 196 Å². The third-order valence-corrected chi connectivity index (χ3v) is 5.44. The highest BCUT2D eigenvalue weighted by Gasteiger charge is 2.20. The van der Waals surface area contributed by atoms with Crippen molar-refractivity contribution < 1.29 is 18.7 Å². The number of rotatable bonds is 6. The largest absolute Gasteiger partial charge is 0.462 e. The summed E-state index contributed by atoms with van der Waals surface area (Å²) in [4.78, 5) is 47.9. The van der Waals surface area contributed by atoms with E-state index in [1.54, 1.807) is 42.0 Å². The second-order valence-corrected chi connectivity index (χ2v) is 7.99. The fourth-order valence-electron chi connectivity index (χ4n) is 3.47. The Balaban J connectivity index is 2.11. The van der Waals surface area contributed by atoms with Gasteiger partial charge in [0.2, 0.25) is 0 Å². The highest BCUT2D eigenvalue weighted by molar-refractivity contribution is 9.10. The van der Waals surface area contributed by atoms with E-state index in [4.69, 9.17) is 9.15 Å². The van der Waals surface area contributed by atoms with Gasteiger partial charge < -0.3 is 13.7 Å². The predicted molar refractivity (Wildman–Crippen MR) is 124 cm³/mol. The first kappa shape index (κ1) is 22.7. The van der Waals surface area contributed by atoms with E-state index < -0.39 is 11.9 Å². The third kappa shape index (κ3) is 4.38. The number of furan rings is 1. The van der Waals surface area contributed by atoms with Gasteiger partial charge in [0.25, 0.3) is 5.56 Å². The fraction of sp³-hybridized carbons (Fsp3) is 0.261. The molecule has 0 aromatic carbocycles. The summed E-state index contributed by atoms with van der Waals surface area (Å²) in [6.07, 6.45) is 3.16. The molecule has 0 spiro atoms. The lowest BCUT2D eigenvalue weighted by molar-refractivity contribution is 0.0523. The summed E-state index contributed by atoms with van der Waals surface area (Å²) in [5.74, 6) is -1.35. The lowest BCUT2D eigenvalue weighted by Gasteiger charge is -2.14. The highest BCUT2D eigenvalue weighted by atomic mass is 79.9. The summed E-state index contributed by atoms with van der Waals surface area (Å²) in [5.41, 5.74) is 0.517. The van der Waals surface area contributed by atoms with E-state index in [1.165, 1.54) is 16.5 Å². The molecule has 4 heterocycles. The monoisotopic (exact) mass is 512 g/mol. The summed E-state index contributed by atoms with van der Waals surface area (Å²) >= 11 is 3.17. The molecule has 0 aliphatic rings. The number of hydrogen-bond donors (Lipinski definition) is 0. The summed E-state index contributed by atoms with van der Waals surface area (Å²) in [6.45, 7) is 4.21. The van der Waals surface area contributed by atoms with Crippen LogP contribution in [0.15, 0.2) is 61.5 Å². The number of carbonyl (C=O) groups excluding carboxylic acids is 2. The predicted octanol–water partition coefficient (Wildman–Crippen LogP) is 3.72.